The van der Waals surface area contributed by atoms with Crippen molar-refractivity contribution in [3.05, 3.63) is 29.8 Å². The second-order valence-corrected chi connectivity index (χ2v) is 9.13. The standard InChI is InChI=1S/C17H20F4N4O2S/c1-24(28(2,26)27)8-11-4-3-5-25(9-11)16-12-6-13(17(19,20)21)14(18)7-15(12)22-10-23-16/h6-7,10-11H,3-5,8-9H2,1-2H3. The lowest BCUT2D eigenvalue weighted by Crippen LogP contribution is -2.41. The van der Waals surface area contributed by atoms with E-state index in [4.69, 9.17) is 0 Å². The van der Waals surface area contributed by atoms with Crippen molar-refractivity contribution < 1.29 is 26.0 Å². The van der Waals surface area contributed by atoms with E-state index in [1.54, 1.807) is 0 Å². The number of fused-ring (bicyclic) bond motifs is 1. The molecular weight excluding hydrogens is 400 g/mol. The van der Waals surface area contributed by atoms with Crippen LogP contribution < -0.4 is 4.90 Å². The molecule has 1 saturated heterocycles. The first-order valence-corrected chi connectivity index (χ1v) is 10.5. The zero-order valence-corrected chi connectivity index (χ0v) is 16.2. The van der Waals surface area contributed by atoms with E-state index < -0.39 is 27.6 Å². The summed E-state index contributed by atoms with van der Waals surface area (Å²) in [5, 5.41) is 0.119. The number of anilines is 1. The molecule has 2 heterocycles. The fourth-order valence-electron chi connectivity index (χ4n) is 3.44. The van der Waals surface area contributed by atoms with Crippen LogP contribution in [0.3, 0.4) is 0 Å². The maximum Gasteiger partial charge on any atom is 0.419 e. The van der Waals surface area contributed by atoms with Crippen LogP contribution in [-0.4, -0.2) is 55.6 Å². The quantitative estimate of drug-likeness (QED) is 0.712. The molecule has 1 aliphatic heterocycles. The Morgan fingerprint density at radius 2 is 2.00 bits per heavy atom. The molecule has 0 aliphatic carbocycles. The van der Waals surface area contributed by atoms with Gasteiger partial charge in [-0.05, 0) is 24.8 Å². The van der Waals surface area contributed by atoms with Crippen LogP contribution in [0.4, 0.5) is 23.4 Å². The summed E-state index contributed by atoms with van der Waals surface area (Å²) < 4.78 is 77.7. The molecule has 2 aromatic rings. The van der Waals surface area contributed by atoms with Gasteiger partial charge in [-0.3, -0.25) is 0 Å². The Balaban J connectivity index is 1.94. The molecule has 1 fully saturated rings. The third kappa shape index (κ3) is 4.35. The van der Waals surface area contributed by atoms with Crippen molar-refractivity contribution in [1.82, 2.24) is 14.3 Å². The van der Waals surface area contributed by atoms with Crippen LogP contribution in [0.2, 0.25) is 0 Å². The first-order chi connectivity index (χ1) is 13.0. The van der Waals surface area contributed by atoms with Gasteiger partial charge in [-0.2, -0.15) is 13.2 Å². The van der Waals surface area contributed by atoms with Gasteiger partial charge in [-0.25, -0.2) is 27.1 Å². The number of alkyl halides is 3. The average molecular weight is 420 g/mol. The monoisotopic (exact) mass is 420 g/mol. The van der Waals surface area contributed by atoms with Gasteiger partial charge in [0, 0.05) is 38.1 Å². The highest BCUT2D eigenvalue weighted by Crippen LogP contribution is 2.36. The number of rotatable bonds is 4. The first-order valence-electron chi connectivity index (χ1n) is 8.64. The number of hydrogen-bond acceptors (Lipinski definition) is 5. The van der Waals surface area contributed by atoms with E-state index in [-0.39, 0.29) is 16.8 Å². The summed E-state index contributed by atoms with van der Waals surface area (Å²) in [6.07, 6.45) is -0.980. The van der Waals surface area contributed by atoms with Gasteiger partial charge < -0.3 is 4.90 Å². The zero-order chi connectivity index (χ0) is 20.7. The Hall–Kier alpha value is -2.01. The third-order valence-electron chi connectivity index (χ3n) is 4.91. The molecule has 0 amide bonds. The molecule has 154 valence electrons. The van der Waals surface area contributed by atoms with Gasteiger partial charge in [-0.1, -0.05) is 0 Å². The smallest absolute Gasteiger partial charge is 0.356 e. The number of nitrogens with zero attached hydrogens (tertiary/aromatic N) is 4. The lowest BCUT2D eigenvalue weighted by molar-refractivity contribution is -0.139. The molecule has 1 atom stereocenters. The van der Waals surface area contributed by atoms with E-state index in [1.165, 1.54) is 17.7 Å². The van der Waals surface area contributed by atoms with E-state index in [0.717, 1.165) is 31.2 Å². The molecule has 3 rings (SSSR count). The van der Waals surface area contributed by atoms with Crippen LogP contribution >= 0.6 is 0 Å². The lowest BCUT2D eigenvalue weighted by atomic mass is 9.97. The maximum absolute atomic E-state index is 13.9. The summed E-state index contributed by atoms with van der Waals surface area (Å²) in [4.78, 5) is 9.84. The SMILES string of the molecule is CN(CC1CCCN(c2ncnc3cc(F)c(C(F)(F)F)cc23)C1)S(C)(=O)=O. The van der Waals surface area contributed by atoms with Crippen LogP contribution in [0.15, 0.2) is 18.5 Å². The number of piperidine rings is 1. The molecule has 6 nitrogen and oxygen atoms in total. The Morgan fingerprint density at radius 3 is 2.64 bits per heavy atom. The minimum atomic E-state index is -4.83. The van der Waals surface area contributed by atoms with Crippen molar-refractivity contribution in [1.29, 1.82) is 0 Å². The summed E-state index contributed by atoms with van der Waals surface area (Å²) in [6.45, 7) is 1.30. The molecule has 0 bridgehead atoms. The number of benzene rings is 1. The molecule has 0 saturated carbocycles. The van der Waals surface area contributed by atoms with Crippen molar-refractivity contribution in [2.24, 2.45) is 5.92 Å². The average Bonchev–Trinajstić information content (AvgIpc) is 2.59. The Bertz CT molecular complexity index is 981. The predicted molar refractivity (Wildman–Crippen MR) is 96.9 cm³/mol. The summed E-state index contributed by atoms with van der Waals surface area (Å²) in [6, 6.07) is 1.51. The van der Waals surface area contributed by atoms with Gasteiger partial charge in [0.05, 0.1) is 17.3 Å². The van der Waals surface area contributed by atoms with Gasteiger partial charge in [-0.15, -0.1) is 0 Å². The number of aromatic nitrogens is 2. The Morgan fingerprint density at radius 1 is 1.29 bits per heavy atom. The molecule has 1 aromatic carbocycles. The molecule has 0 radical (unpaired) electrons. The second-order valence-electron chi connectivity index (χ2n) is 7.04. The molecule has 0 N–H and O–H groups in total. The van der Waals surface area contributed by atoms with E-state index in [0.29, 0.717) is 25.5 Å². The molecule has 11 heteroatoms. The lowest BCUT2D eigenvalue weighted by Gasteiger charge is -2.35. The number of hydrogen-bond donors (Lipinski definition) is 0. The van der Waals surface area contributed by atoms with Crippen LogP contribution in [0.1, 0.15) is 18.4 Å². The van der Waals surface area contributed by atoms with Crippen LogP contribution in [-0.2, 0) is 16.2 Å². The topological polar surface area (TPSA) is 66.4 Å². The van der Waals surface area contributed by atoms with Crippen molar-refractivity contribution in [3.8, 4) is 0 Å². The van der Waals surface area contributed by atoms with E-state index >= 15 is 0 Å². The zero-order valence-electron chi connectivity index (χ0n) is 15.4. The Labute approximate surface area is 160 Å². The molecule has 1 aromatic heterocycles. The van der Waals surface area contributed by atoms with Crippen LogP contribution in [0.25, 0.3) is 10.9 Å². The molecule has 0 spiro atoms. The highest BCUT2D eigenvalue weighted by atomic mass is 32.2. The van der Waals surface area contributed by atoms with Gasteiger partial charge in [0.1, 0.15) is 18.0 Å². The van der Waals surface area contributed by atoms with E-state index in [1.807, 2.05) is 4.90 Å². The van der Waals surface area contributed by atoms with Crippen LogP contribution in [0, 0.1) is 11.7 Å². The first kappa shape index (κ1) is 20.7. The summed E-state index contributed by atoms with van der Waals surface area (Å²) in [5.74, 6) is -1.08. The number of halogens is 4. The van der Waals surface area contributed by atoms with Gasteiger partial charge in [0.25, 0.3) is 0 Å². The van der Waals surface area contributed by atoms with Gasteiger partial charge in [0.2, 0.25) is 10.0 Å². The fraction of sp³-hybridized carbons (Fsp3) is 0.529. The molecule has 28 heavy (non-hydrogen) atoms. The minimum absolute atomic E-state index is 0.000949. The molecule has 1 unspecified atom stereocenters. The van der Waals surface area contributed by atoms with E-state index in [2.05, 4.69) is 9.97 Å². The van der Waals surface area contributed by atoms with Crippen molar-refractivity contribution >= 4 is 26.7 Å². The van der Waals surface area contributed by atoms with Gasteiger partial charge in [0.15, 0.2) is 0 Å². The van der Waals surface area contributed by atoms with E-state index in [9.17, 15) is 26.0 Å². The normalized spacial score (nSPS) is 18.8. The summed E-state index contributed by atoms with van der Waals surface area (Å²) >= 11 is 0. The summed E-state index contributed by atoms with van der Waals surface area (Å²) in [5.41, 5.74) is -1.27. The maximum atomic E-state index is 13.9. The Kier molecular flexibility index (Phi) is 5.50. The third-order valence-corrected chi connectivity index (χ3v) is 6.19. The predicted octanol–water partition coefficient (Wildman–Crippen LogP) is 2.90. The van der Waals surface area contributed by atoms with Crippen LogP contribution in [0.5, 0.6) is 0 Å². The highest BCUT2D eigenvalue weighted by Gasteiger charge is 2.35. The molecule has 1 aliphatic rings. The van der Waals surface area contributed by atoms with Crippen molar-refractivity contribution in [3.63, 3.8) is 0 Å². The van der Waals surface area contributed by atoms with Gasteiger partial charge >= 0.3 is 6.18 Å². The van der Waals surface area contributed by atoms with Crippen molar-refractivity contribution in [2.75, 3.05) is 37.8 Å². The highest BCUT2D eigenvalue weighted by molar-refractivity contribution is 7.88. The second kappa shape index (κ2) is 7.43. The molecular formula is C17H20F4N4O2S. The largest absolute Gasteiger partial charge is 0.419 e. The summed E-state index contributed by atoms with van der Waals surface area (Å²) in [7, 11) is -1.83. The fourth-order valence-corrected chi connectivity index (χ4v) is 3.92. The minimum Gasteiger partial charge on any atom is -0.356 e. The number of sulfonamides is 1. The van der Waals surface area contributed by atoms with Crippen molar-refractivity contribution in [2.45, 2.75) is 19.0 Å².